The van der Waals surface area contributed by atoms with Gasteiger partial charge in [-0.3, -0.25) is 9.59 Å². The molecular formula is C54H56N10O6. The van der Waals surface area contributed by atoms with Crippen LogP contribution in [0.2, 0.25) is 0 Å². The second-order valence-corrected chi connectivity index (χ2v) is 17.9. The van der Waals surface area contributed by atoms with Crippen molar-refractivity contribution in [3.8, 4) is 34.2 Å². The van der Waals surface area contributed by atoms with Crippen LogP contribution in [0.15, 0.2) is 122 Å². The largest absolute Gasteiger partial charge is 0.378 e. The van der Waals surface area contributed by atoms with Gasteiger partial charge in [-0.1, -0.05) is 103 Å². The van der Waals surface area contributed by atoms with Crippen molar-refractivity contribution in [2.24, 2.45) is 0 Å². The molecule has 10 rings (SSSR count). The molecule has 4 saturated heterocycles. The van der Waals surface area contributed by atoms with E-state index >= 15 is 0 Å². The van der Waals surface area contributed by atoms with E-state index in [2.05, 4.69) is 61.7 Å². The number of imidazole rings is 2. The monoisotopic (exact) mass is 940 g/mol. The van der Waals surface area contributed by atoms with Gasteiger partial charge in [-0.15, -0.1) is 0 Å². The van der Waals surface area contributed by atoms with Gasteiger partial charge in [-0.25, -0.2) is 19.6 Å². The van der Waals surface area contributed by atoms with Crippen LogP contribution in [0, 0.1) is 11.8 Å². The van der Waals surface area contributed by atoms with Crippen LogP contribution in [0.3, 0.4) is 0 Å². The zero-order chi connectivity index (χ0) is 47.8. The first-order valence-electron chi connectivity index (χ1n) is 24.2. The van der Waals surface area contributed by atoms with Gasteiger partial charge in [0.1, 0.15) is 29.4 Å². The van der Waals surface area contributed by atoms with Gasteiger partial charge in [0, 0.05) is 44.8 Å². The lowest BCUT2D eigenvalue weighted by Crippen LogP contribution is -2.50. The Balaban J connectivity index is 0.769. The molecule has 6 amide bonds. The molecule has 4 aliphatic rings. The van der Waals surface area contributed by atoms with Crippen molar-refractivity contribution in [2.45, 2.75) is 49.9 Å². The number of likely N-dealkylation sites (tertiary alicyclic amines) is 2. The molecule has 2 aromatic heterocycles. The Morgan fingerprint density at radius 2 is 1.00 bits per heavy atom. The van der Waals surface area contributed by atoms with E-state index in [1.807, 2.05) is 101 Å². The maximum atomic E-state index is 14.3. The van der Waals surface area contributed by atoms with E-state index in [0.717, 1.165) is 64.8 Å². The number of morpholine rings is 2. The van der Waals surface area contributed by atoms with Gasteiger partial charge in [0.15, 0.2) is 0 Å². The molecule has 0 unspecified atom stereocenters. The lowest BCUT2D eigenvalue weighted by molar-refractivity contribution is -0.135. The number of ether oxygens (including phenoxy) is 2. The van der Waals surface area contributed by atoms with E-state index in [1.54, 1.807) is 16.0 Å². The highest BCUT2D eigenvalue weighted by atomic mass is 16.5. The van der Waals surface area contributed by atoms with Gasteiger partial charge in [-0.2, -0.15) is 0 Å². The number of urea groups is 2. The van der Waals surface area contributed by atoms with Crippen LogP contribution in [0.1, 0.15) is 83.9 Å². The van der Waals surface area contributed by atoms with E-state index in [4.69, 9.17) is 14.5 Å². The molecule has 4 aromatic carbocycles. The van der Waals surface area contributed by atoms with Crippen LogP contribution < -0.4 is 10.6 Å². The van der Waals surface area contributed by atoms with Crippen molar-refractivity contribution in [3.05, 3.63) is 156 Å². The molecule has 4 atom stereocenters. The minimum Gasteiger partial charge on any atom is -0.378 e. The molecule has 4 fully saturated rings. The van der Waals surface area contributed by atoms with Gasteiger partial charge in [0.2, 0.25) is 11.8 Å². The molecule has 6 aromatic rings. The Kier molecular flexibility index (Phi) is 14.0. The fourth-order valence-corrected chi connectivity index (χ4v) is 9.74. The summed E-state index contributed by atoms with van der Waals surface area (Å²) in [5, 5.41) is 6.04. The number of aromatic amines is 2. The second kappa shape index (κ2) is 21.3. The number of aromatic nitrogens is 4. The number of benzene rings is 4. The summed E-state index contributed by atoms with van der Waals surface area (Å²) >= 11 is 0. The van der Waals surface area contributed by atoms with Crippen LogP contribution in [0.4, 0.5) is 9.59 Å². The number of hydrogen-bond acceptors (Lipinski definition) is 8. The summed E-state index contributed by atoms with van der Waals surface area (Å²) in [6.07, 6.45) is 6.67. The van der Waals surface area contributed by atoms with Crippen LogP contribution >= 0.6 is 0 Å². The van der Waals surface area contributed by atoms with E-state index in [1.165, 1.54) is 0 Å². The van der Waals surface area contributed by atoms with E-state index in [-0.39, 0.29) is 36.0 Å². The standard InChI is InChI=1S/C54H56N10O6/c65-51(47(41-9-3-1-4-10-41)59-53(67)61-27-31-69-32-28-61)63-25-7-13-45(63)49-55-35-43(57-49)24-17-37-15-18-38(19-16-37)39-20-22-40(23-21-39)44-36-56-50(58-44)46-14-8-26-64(46)52(66)48(42-11-5-2-6-12-42)60-54(68)62-29-33-70-34-30-62/h1-6,9-12,15-16,18-23,35-36,45-48H,7-8,13-14,25-34H2,(H,55,57)(H,56,58)(H,59,67)(H,60,68)/t45-,46-,47+,48+/m0/s1. The Hall–Kier alpha value is -7.74. The summed E-state index contributed by atoms with van der Waals surface area (Å²) in [7, 11) is 0. The second-order valence-electron chi connectivity index (χ2n) is 17.9. The molecule has 0 radical (unpaired) electrons. The molecule has 358 valence electrons. The van der Waals surface area contributed by atoms with Crippen LogP contribution in [0.25, 0.3) is 22.4 Å². The highest BCUT2D eigenvalue weighted by Gasteiger charge is 2.39. The zero-order valence-electron chi connectivity index (χ0n) is 38.9. The Labute approximate surface area is 406 Å². The molecule has 70 heavy (non-hydrogen) atoms. The molecule has 0 bridgehead atoms. The summed E-state index contributed by atoms with van der Waals surface area (Å²) in [6, 6.07) is 32.4. The highest BCUT2D eigenvalue weighted by Crippen LogP contribution is 2.36. The summed E-state index contributed by atoms with van der Waals surface area (Å²) in [4.78, 5) is 78.4. The van der Waals surface area contributed by atoms with Gasteiger partial charge < -0.3 is 49.7 Å². The lowest BCUT2D eigenvalue weighted by atomic mass is 10.0. The van der Waals surface area contributed by atoms with Crippen molar-refractivity contribution in [3.63, 3.8) is 0 Å². The van der Waals surface area contributed by atoms with Crippen molar-refractivity contribution in [2.75, 3.05) is 65.7 Å². The van der Waals surface area contributed by atoms with E-state index < -0.39 is 12.1 Å². The average molecular weight is 941 g/mol. The third-order valence-electron chi connectivity index (χ3n) is 13.5. The minimum absolute atomic E-state index is 0.159. The lowest BCUT2D eigenvalue weighted by Gasteiger charge is -2.32. The van der Waals surface area contributed by atoms with Crippen molar-refractivity contribution < 1.29 is 28.7 Å². The highest BCUT2D eigenvalue weighted by molar-refractivity contribution is 5.89. The Morgan fingerprint density at radius 1 is 0.543 bits per heavy atom. The normalized spacial score (nSPS) is 19.0. The average Bonchev–Trinajstić information content (AvgIpc) is 4.28. The quantitative estimate of drug-likeness (QED) is 0.109. The third kappa shape index (κ3) is 10.3. The molecule has 16 nitrogen and oxygen atoms in total. The number of rotatable bonds is 10. The van der Waals surface area contributed by atoms with Gasteiger partial charge >= 0.3 is 12.1 Å². The molecule has 4 N–H and O–H groups in total. The van der Waals surface area contributed by atoms with Crippen molar-refractivity contribution >= 4 is 23.9 Å². The molecule has 6 heterocycles. The fourth-order valence-electron chi connectivity index (χ4n) is 9.74. The van der Waals surface area contributed by atoms with Gasteiger partial charge in [0.25, 0.3) is 0 Å². The number of nitrogens with one attached hydrogen (secondary N) is 4. The van der Waals surface area contributed by atoms with Crippen LogP contribution in [0.5, 0.6) is 0 Å². The molecular weight excluding hydrogens is 885 g/mol. The fraction of sp³-hybridized carbons (Fsp3) is 0.333. The Bertz CT molecular complexity index is 2830. The number of amides is 6. The summed E-state index contributed by atoms with van der Waals surface area (Å²) in [6.45, 7) is 4.93. The van der Waals surface area contributed by atoms with Crippen molar-refractivity contribution in [1.82, 2.24) is 50.2 Å². The summed E-state index contributed by atoms with van der Waals surface area (Å²) in [5.41, 5.74) is 6.86. The molecule has 4 aliphatic heterocycles. The minimum atomic E-state index is -0.838. The van der Waals surface area contributed by atoms with Crippen LogP contribution in [-0.4, -0.2) is 129 Å². The summed E-state index contributed by atoms with van der Waals surface area (Å²) < 4.78 is 10.8. The molecule has 0 spiro atoms. The third-order valence-corrected chi connectivity index (χ3v) is 13.5. The maximum Gasteiger partial charge on any atom is 0.318 e. The summed E-state index contributed by atoms with van der Waals surface area (Å²) in [5.74, 6) is 7.51. The number of carbonyl (C=O) groups is 4. The van der Waals surface area contributed by atoms with Gasteiger partial charge in [0.05, 0.1) is 56.6 Å². The molecule has 0 saturated carbocycles. The molecule has 16 heteroatoms. The zero-order valence-corrected chi connectivity index (χ0v) is 38.9. The van der Waals surface area contributed by atoms with Gasteiger partial charge in [-0.05, 0) is 71.6 Å². The Morgan fingerprint density at radius 3 is 1.51 bits per heavy atom. The first-order chi connectivity index (χ1) is 34.4. The maximum absolute atomic E-state index is 14.3. The number of carbonyl (C=O) groups excluding carboxylic acids is 4. The smallest absolute Gasteiger partial charge is 0.318 e. The number of nitrogens with zero attached hydrogens (tertiary/aromatic N) is 6. The number of H-pyrrole nitrogens is 2. The topological polar surface area (TPSA) is 181 Å². The van der Waals surface area contributed by atoms with E-state index in [0.29, 0.717) is 83.0 Å². The first-order valence-corrected chi connectivity index (χ1v) is 24.2. The van der Waals surface area contributed by atoms with E-state index in [9.17, 15) is 19.2 Å². The van der Waals surface area contributed by atoms with Crippen LogP contribution in [-0.2, 0) is 19.1 Å². The van der Waals surface area contributed by atoms with Crippen molar-refractivity contribution in [1.29, 1.82) is 0 Å². The first kappa shape index (κ1) is 46.0. The molecule has 0 aliphatic carbocycles. The predicted octanol–water partition coefficient (Wildman–Crippen LogP) is 6.76. The predicted molar refractivity (Wildman–Crippen MR) is 262 cm³/mol. The number of hydrogen-bond donors (Lipinski definition) is 4. The SMILES string of the molecule is O=C(N[C@@H](C(=O)N1CCC[C@H]1c1ncc(C#Cc2ccc(-c3ccc(-c4cnc([C@@H]5CCCN5C(=O)[C@H](NC(=O)N5CCOCC5)c5ccccc5)[nH]4)cc3)cc2)[nH]1)c1ccccc1)N1CCOCC1.